The standard InChI is InChI=1S/C17H25NO4/c1-19-14-4-5-22-17(9-14)11-18(12-17)10-13-6-15(20-2)8-16(7-13)21-3/h6-8,14H,4-5,9-12H2,1-3H3/t14-/m0/s1. The van der Waals surface area contributed by atoms with Crippen LogP contribution in [0.3, 0.4) is 0 Å². The Hall–Kier alpha value is -1.30. The first-order valence-corrected chi connectivity index (χ1v) is 7.77. The smallest absolute Gasteiger partial charge is 0.122 e. The van der Waals surface area contributed by atoms with Gasteiger partial charge in [-0.05, 0) is 24.1 Å². The lowest BCUT2D eigenvalue weighted by Gasteiger charge is -2.53. The first-order valence-electron chi connectivity index (χ1n) is 7.77. The third-order valence-corrected chi connectivity index (χ3v) is 4.62. The Morgan fingerprint density at radius 1 is 1.14 bits per heavy atom. The number of benzene rings is 1. The summed E-state index contributed by atoms with van der Waals surface area (Å²) in [7, 11) is 5.15. The molecule has 0 N–H and O–H groups in total. The summed E-state index contributed by atoms with van der Waals surface area (Å²) in [5, 5.41) is 0. The molecule has 0 saturated carbocycles. The van der Waals surface area contributed by atoms with Crippen LogP contribution in [0.25, 0.3) is 0 Å². The normalized spacial score (nSPS) is 24.0. The molecule has 2 heterocycles. The Morgan fingerprint density at radius 3 is 2.41 bits per heavy atom. The molecule has 0 radical (unpaired) electrons. The monoisotopic (exact) mass is 307 g/mol. The number of ether oxygens (including phenoxy) is 4. The average molecular weight is 307 g/mol. The summed E-state index contributed by atoms with van der Waals surface area (Å²) < 4.78 is 22.2. The molecular formula is C17H25NO4. The molecule has 122 valence electrons. The van der Waals surface area contributed by atoms with Gasteiger partial charge in [0.15, 0.2) is 0 Å². The fourth-order valence-corrected chi connectivity index (χ4v) is 3.50. The molecule has 2 aliphatic rings. The van der Waals surface area contributed by atoms with Crippen molar-refractivity contribution in [1.29, 1.82) is 0 Å². The minimum absolute atomic E-state index is 0.00186. The van der Waals surface area contributed by atoms with E-state index in [0.717, 1.165) is 50.6 Å². The van der Waals surface area contributed by atoms with Crippen LogP contribution in [0.4, 0.5) is 0 Å². The Balaban J connectivity index is 1.60. The lowest BCUT2D eigenvalue weighted by Crippen LogP contribution is -2.65. The minimum atomic E-state index is 0.00186. The molecule has 1 aromatic rings. The average Bonchev–Trinajstić information content (AvgIpc) is 2.53. The Labute approximate surface area is 132 Å². The maximum atomic E-state index is 6.02. The van der Waals surface area contributed by atoms with Crippen molar-refractivity contribution in [2.45, 2.75) is 31.1 Å². The van der Waals surface area contributed by atoms with Crippen molar-refractivity contribution in [3.05, 3.63) is 23.8 Å². The van der Waals surface area contributed by atoms with Gasteiger partial charge >= 0.3 is 0 Å². The van der Waals surface area contributed by atoms with Crippen LogP contribution >= 0.6 is 0 Å². The molecule has 0 bridgehead atoms. The molecule has 5 heteroatoms. The number of likely N-dealkylation sites (tertiary alicyclic amines) is 1. The molecule has 5 nitrogen and oxygen atoms in total. The Morgan fingerprint density at radius 2 is 1.82 bits per heavy atom. The van der Waals surface area contributed by atoms with E-state index < -0.39 is 0 Å². The summed E-state index contributed by atoms with van der Waals surface area (Å²) in [6.45, 7) is 3.62. The van der Waals surface area contributed by atoms with E-state index in [1.807, 2.05) is 6.07 Å². The van der Waals surface area contributed by atoms with Crippen LogP contribution in [0.1, 0.15) is 18.4 Å². The summed E-state index contributed by atoms with van der Waals surface area (Å²) in [5.74, 6) is 1.66. The molecule has 0 aromatic heterocycles. The molecule has 1 atom stereocenters. The largest absolute Gasteiger partial charge is 0.497 e. The lowest BCUT2D eigenvalue weighted by atomic mass is 9.84. The second kappa shape index (κ2) is 6.44. The summed E-state index contributed by atoms with van der Waals surface area (Å²) in [6, 6.07) is 6.02. The molecule has 0 unspecified atom stereocenters. The third kappa shape index (κ3) is 3.21. The quantitative estimate of drug-likeness (QED) is 0.833. The molecule has 2 saturated heterocycles. The highest BCUT2D eigenvalue weighted by molar-refractivity contribution is 5.38. The van der Waals surface area contributed by atoms with Crippen LogP contribution < -0.4 is 9.47 Å². The van der Waals surface area contributed by atoms with E-state index in [9.17, 15) is 0 Å². The molecule has 3 rings (SSSR count). The van der Waals surface area contributed by atoms with Crippen molar-refractivity contribution >= 4 is 0 Å². The molecule has 22 heavy (non-hydrogen) atoms. The van der Waals surface area contributed by atoms with E-state index in [1.54, 1.807) is 21.3 Å². The first-order chi connectivity index (χ1) is 10.7. The van der Waals surface area contributed by atoms with Crippen LogP contribution in [-0.2, 0) is 16.0 Å². The predicted octanol–water partition coefficient (Wildman–Crippen LogP) is 2.08. The number of hydrogen-bond acceptors (Lipinski definition) is 5. The van der Waals surface area contributed by atoms with Crippen molar-refractivity contribution in [2.75, 3.05) is 41.0 Å². The Kier molecular flexibility index (Phi) is 4.57. The maximum absolute atomic E-state index is 6.02. The van der Waals surface area contributed by atoms with Gasteiger partial charge in [0, 0.05) is 45.8 Å². The van der Waals surface area contributed by atoms with Gasteiger partial charge in [0.2, 0.25) is 0 Å². The van der Waals surface area contributed by atoms with Crippen LogP contribution in [-0.4, -0.2) is 57.6 Å². The molecule has 2 fully saturated rings. The summed E-state index contributed by atoms with van der Waals surface area (Å²) in [6.07, 6.45) is 2.35. The van der Waals surface area contributed by atoms with Gasteiger partial charge in [-0.15, -0.1) is 0 Å². The third-order valence-electron chi connectivity index (χ3n) is 4.62. The zero-order valence-corrected chi connectivity index (χ0v) is 13.6. The zero-order chi connectivity index (χ0) is 15.6. The summed E-state index contributed by atoms with van der Waals surface area (Å²) in [4.78, 5) is 2.40. The number of rotatable bonds is 5. The van der Waals surface area contributed by atoms with E-state index >= 15 is 0 Å². The van der Waals surface area contributed by atoms with Gasteiger partial charge in [0.1, 0.15) is 11.5 Å². The second-order valence-electron chi connectivity index (χ2n) is 6.25. The molecule has 0 amide bonds. The van der Waals surface area contributed by atoms with Crippen molar-refractivity contribution in [3.63, 3.8) is 0 Å². The highest BCUT2D eigenvalue weighted by atomic mass is 16.5. The molecule has 2 aliphatic heterocycles. The Bertz CT molecular complexity index is 491. The number of hydrogen-bond donors (Lipinski definition) is 0. The van der Waals surface area contributed by atoms with Gasteiger partial charge in [0.25, 0.3) is 0 Å². The number of methoxy groups -OCH3 is 3. The summed E-state index contributed by atoms with van der Waals surface area (Å²) >= 11 is 0. The maximum Gasteiger partial charge on any atom is 0.122 e. The van der Waals surface area contributed by atoms with E-state index in [2.05, 4.69) is 17.0 Å². The minimum Gasteiger partial charge on any atom is -0.497 e. The SMILES string of the molecule is COc1cc(CN2CC3(C[C@@H](OC)CCO3)C2)cc(OC)c1. The van der Waals surface area contributed by atoms with Crippen LogP contribution in [0.15, 0.2) is 18.2 Å². The van der Waals surface area contributed by atoms with Crippen LogP contribution in [0.5, 0.6) is 11.5 Å². The molecule has 1 spiro atoms. The molecule has 1 aromatic carbocycles. The van der Waals surface area contributed by atoms with E-state index in [1.165, 1.54) is 5.56 Å². The molecule has 0 aliphatic carbocycles. The van der Waals surface area contributed by atoms with E-state index in [-0.39, 0.29) is 5.60 Å². The topological polar surface area (TPSA) is 40.2 Å². The van der Waals surface area contributed by atoms with E-state index in [4.69, 9.17) is 18.9 Å². The molecular weight excluding hydrogens is 282 g/mol. The van der Waals surface area contributed by atoms with Crippen molar-refractivity contribution in [2.24, 2.45) is 0 Å². The number of nitrogens with zero attached hydrogens (tertiary/aromatic N) is 1. The van der Waals surface area contributed by atoms with Crippen molar-refractivity contribution in [1.82, 2.24) is 4.90 Å². The van der Waals surface area contributed by atoms with E-state index in [0.29, 0.717) is 6.10 Å². The predicted molar refractivity (Wildman–Crippen MR) is 83.5 cm³/mol. The fourth-order valence-electron chi connectivity index (χ4n) is 3.50. The van der Waals surface area contributed by atoms with Gasteiger partial charge < -0.3 is 18.9 Å². The highest BCUT2D eigenvalue weighted by Gasteiger charge is 2.47. The van der Waals surface area contributed by atoms with Crippen LogP contribution in [0, 0.1) is 0 Å². The van der Waals surface area contributed by atoms with Crippen molar-refractivity contribution in [3.8, 4) is 11.5 Å². The van der Waals surface area contributed by atoms with Gasteiger partial charge in [0.05, 0.1) is 25.9 Å². The lowest BCUT2D eigenvalue weighted by molar-refractivity contribution is -0.195. The summed E-state index contributed by atoms with van der Waals surface area (Å²) in [5.41, 5.74) is 1.20. The van der Waals surface area contributed by atoms with Gasteiger partial charge in [-0.25, -0.2) is 0 Å². The van der Waals surface area contributed by atoms with Gasteiger partial charge in [-0.1, -0.05) is 0 Å². The second-order valence-corrected chi connectivity index (χ2v) is 6.25. The zero-order valence-electron chi connectivity index (χ0n) is 13.6. The van der Waals surface area contributed by atoms with Crippen LogP contribution in [0.2, 0.25) is 0 Å². The highest BCUT2D eigenvalue weighted by Crippen LogP contribution is 2.36. The van der Waals surface area contributed by atoms with Gasteiger partial charge in [-0.2, -0.15) is 0 Å². The van der Waals surface area contributed by atoms with Crippen molar-refractivity contribution < 1.29 is 18.9 Å². The fraction of sp³-hybridized carbons (Fsp3) is 0.647. The van der Waals surface area contributed by atoms with Gasteiger partial charge in [-0.3, -0.25) is 4.90 Å². The first kappa shape index (κ1) is 15.6.